The van der Waals surface area contributed by atoms with Gasteiger partial charge in [-0.15, -0.1) is 0 Å². The van der Waals surface area contributed by atoms with E-state index in [1.807, 2.05) is 24.3 Å². The number of likely N-dealkylation sites (tertiary alicyclic amines) is 1. The number of rotatable bonds is 2. The van der Waals surface area contributed by atoms with Crippen LogP contribution in [0.1, 0.15) is 39.0 Å². The molecule has 0 aliphatic carbocycles. The van der Waals surface area contributed by atoms with E-state index in [1.165, 1.54) is 24.9 Å². The minimum absolute atomic E-state index is 0.415. The summed E-state index contributed by atoms with van der Waals surface area (Å²) in [5.74, 6) is -0.309. The van der Waals surface area contributed by atoms with Gasteiger partial charge in [-0.1, -0.05) is 6.92 Å². The van der Waals surface area contributed by atoms with Gasteiger partial charge in [0.05, 0.1) is 0 Å². The third kappa shape index (κ3) is 4.08. The summed E-state index contributed by atoms with van der Waals surface area (Å²) in [7, 11) is 0. The van der Waals surface area contributed by atoms with E-state index in [0.29, 0.717) is 24.7 Å². The minimum Gasteiger partial charge on any atom is -0.372 e. The topological polar surface area (TPSA) is 52.7 Å². The molecule has 0 atom stereocenters. The van der Waals surface area contributed by atoms with Crippen LogP contribution in [0, 0.1) is 5.92 Å². The zero-order valence-electron chi connectivity index (χ0n) is 14.5. The van der Waals surface area contributed by atoms with Crippen LogP contribution in [0.5, 0.6) is 0 Å². The first-order chi connectivity index (χ1) is 11.6. The van der Waals surface area contributed by atoms with Gasteiger partial charge in [0.15, 0.2) is 0 Å². The predicted octanol–water partition coefficient (Wildman–Crippen LogP) is 2.87. The van der Waals surface area contributed by atoms with E-state index in [1.54, 1.807) is 4.90 Å². The number of anilines is 2. The maximum absolute atomic E-state index is 12.2. The van der Waals surface area contributed by atoms with Crippen molar-refractivity contribution in [2.24, 2.45) is 5.92 Å². The van der Waals surface area contributed by atoms with Crippen molar-refractivity contribution in [3.05, 3.63) is 24.3 Å². The zero-order valence-corrected chi connectivity index (χ0v) is 14.5. The molecule has 0 spiro atoms. The molecule has 1 N–H and O–H groups in total. The van der Waals surface area contributed by atoms with Crippen LogP contribution in [0.4, 0.5) is 11.4 Å². The lowest BCUT2D eigenvalue weighted by molar-refractivity contribution is -0.144. The third-order valence-corrected chi connectivity index (χ3v) is 5.11. The summed E-state index contributed by atoms with van der Waals surface area (Å²) in [4.78, 5) is 28.4. The number of hydrogen-bond donors (Lipinski definition) is 1. The summed E-state index contributed by atoms with van der Waals surface area (Å²) in [6.45, 7) is 5.74. The molecule has 5 heteroatoms. The Morgan fingerprint density at radius 3 is 2.21 bits per heavy atom. The van der Waals surface area contributed by atoms with E-state index < -0.39 is 11.8 Å². The predicted molar refractivity (Wildman–Crippen MR) is 96.1 cm³/mol. The lowest BCUT2D eigenvalue weighted by Gasteiger charge is -2.30. The second-order valence-electron chi connectivity index (χ2n) is 7.02. The summed E-state index contributed by atoms with van der Waals surface area (Å²) in [5.41, 5.74) is 1.86. The van der Waals surface area contributed by atoms with Crippen molar-refractivity contribution in [2.75, 3.05) is 36.4 Å². The number of piperidine rings is 2. The summed E-state index contributed by atoms with van der Waals surface area (Å²) < 4.78 is 0. The zero-order chi connectivity index (χ0) is 16.9. The molecule has 2 aliphatic heterocycles. The van der Waals surface area contributed by atoms with Crippen molar-refractivity contribution >= 4 is 23.2 Å². The van der Waals surface area contributed by atoms with Gasteiger partial charge in [0.2, 0.25) is 0 Å². The Labute approximate surface area is 144 Å². The molecule has 2 saturated heterocycles. The maximum Gasteiger partial charge on any atom is 0.313 e. The summed E-state index contributed by atoms with van der Waals surface area (Å²) in [6.07, 6.45) is 5.73. The fraction of sp³-hybridized carbons (Fsp3) is 0.579. The quantitative estimate of drug-likeness (QED) is 0.849. The molecule has 0 saturated carbocycles. The van der Waals surface area contributed by atoms with Crippen molar-refractivity contribution in [1.82, 2.24) is 4.90 Å². The molecule has 1 aromatic carbocycles. The normalized spacial score (nSPS) is 19.2. The van der Waals surface area contributed by atoms with Gasteiger partial charge in [0.1, 0.15) is 0 Å². The van der Waals surface area contributed by atoms with Crippen LogP contribution in [-0.2, 0) is 9.59 Å². The van der Waals surface area contributed by atoms with Crippen LogP contribution >= 0.6 is 0 Å². The smallest absolute Gasteiger partial charge is 0.313 e. The molecule has 0 bridgehead atoms. The first-order valence-corrected chi connectivity index (χ1v) is 9.09. The van der Waals surface area contributed by atoms with Crippen LogP contribution in [0.15, 0.2) is 24.3 Å². The van der Waals surface area contributed by atoms with E-state index in [0.717, 1.165) is 25.9 Å². The van der Waals surface area contributed by atoms with Crippen molar-refractivity contribution in [3.63, 3.8) is 0 Å². The lowest BCUT2D eigenvalue weighted by Crippen LogP contribution is -2.43. The van der Waals surface area contributed by atoms with Gasteiger partial charge in [0.25, 0.3) is 0 Å². The second kappa shape index (κ2) is 7.69. The highest BCUT2D eigenvalue weighted by molar-refractivity contribution is 6.39. The summed E-state index contributed by atoms with van der Waals surface area (Å²) >= 11 is 0. The van der Waals surface area contributed by atoms with Crippen LogP contribution < -0.4 is 10.2 Å². The standard InChI is InChI=1S/C19H27N3O2/c1-15-9-13-22(14-10-15)19(24)18(23)20-16-5-7-17(8-6-16)21-11-3-2-4-12-21/h5-8,15H,2-4,9-14H2,1H3,(H,20,23). The number of benzene rings is 1. The molecule has 3 rings (SSSR count). The molecular weight excluding hydrogens is 302 g/mol. The number of nitrogens with one attached hydrogen (secondary N) is 1. The average Bonchev–Trinajstić information content (AvgIpc) is 2.63. The van der Waals surface area contributed by atoms with Gasteiger partial charge in [-0.05, 0) is 62.3 Å². The van der Waals surface area contributed by atoms with E-state index in [4.69, 9.17) is 0 Å². The Balaban J connectivity index is 1.55. The highest BCUT2D eigenvalue weighted by Gasteiger charge is 2.25. The molecule has 2 aliphatic rings. The number of carbonyl (C=O) groups is 2. The fourth-order valence-electron chi connectivity index (χ4n) is 3.45. The molecule has 24 heavy (non-hydrogen) atoms. The van der Waals surface area contributed by atoms with Crippen molar-refractivity contribution in [3.8, 4) is 0 Å². The van der Waals surface area contributed by atoms with E-state index in [-0.39, 0.29) is 0 Å². The van der Waals surface area contributed by atoms with Crippen LogP contribution in [-0.4, -0.2) is 42.9 Å². The van der Waals surface area contributed by atoms with Crippen molar-refractivity contribution in [1.29, 1.82) is 0 Å². The van der Waals surface area contributed by atoms with Gasteiger partial charge in [-0.25, -0.2) is 0 Å². The molecule has 2 amide bonds. The Bertz CT molecular complexity index is 571. The number of nitrogens with zero attached hydrogens (tertiary/aromatic N) is 2. The van der Waals surface area contributed by atoms with E-state index in [2.05, 4.69) is 17.1 Å². The first kappa shape index (κ1) is 16.8. The molecule has 2 fully saturated rings. The molecule has 130 valence electrons. The second-order valence-corrected chi connectivity index (χ2v) is 7.02. The van der Waals surface area contributed by atoms with Crippen molar-refractivity contribution < 1.29 is 9.59 Å². The maximum atomic E-state index is 12.2. The van der Waals surface area contributed by atoms with E-state index in [9.17, 15) is 9.59 Å². The summed E-state index contributed by atoms with van der Waals surface area (Å²) in [5, 5.41) is 2.73. The molecule has 0 aromatic heterocycles. The van der Waals surface area contributed by atoms with Gasteiger partial charge in [-0.3, -0.25) is 9.59 Å². The average molecular weight is 329 g/mol. The first-order valence-electron chi connectivity index (χ1n) is 9.09. The van der Waals surface area contributed by atoms with Crippen LogP contribution in [0.25, 0.3) is 0 Å². The SMILES string of the molecule is CC1CCN(C(=O)C(=O)Nc2ccc(N3CCCCC3)cc2)CC1. The number of amides is 2. The highest BCUT2D eigenvalue weighted by Crippen LogP contribution is 2.22. The van der Waals surface area contributed by atoms with Crippen molar-refractivity contribution in [2.45, 2.75) is 39.0 Å². The minimum atomic E-state index is -0.532. The van der Waals surface area contributed by atoms with Gasteiger partial charge < -0.3 is 15.1 Å². The Morgan fingerprint density at radius 2 is 1.58 bits per heavy atom. The van der Waals surface area contributed by atoms with Gasteiger partial charge in [-0.2, -0.15) is 0 Å². The molecule has 5 nitrogen and oxygen atoms in total. The number of carbonyl (C=O) groups excluding carboxylic acids is 2. The molecule has 2 heterocycles. The Morgan fingerprint density at radius 1 is 0.958 bits per heavy atom. The van der Waals surface area contributed by atoms with Crippen LogP contribution in [0.2, 0.25) is 0 Å². The molecular formula is C19H27N3O2. The molecule has 0 unspecified atom stereocenters. The van der Waals surface area contributed by atoms with Crippen LogP contribution in [0.3, 0.4) is 0 Å². The Kier molecular flexibility index (Phi) is 5.38. The lowest BCUT2D eigenvalue weighted by atomic mass is 9.99. The molecule has 0 radical (unpaired) electrons. The molecule has 1 aromatic rings. The highest BCUT2D eigenvalue weighted by atomic mass is 16.2. The fourth-order valence-corrected chi connectivity index (χ4v) is 3.45. The largest absolute Gasteiger partial charge is 0.372 e. The van der Waals surface area contributed by atoms with E-state index >= 15 is 0 Å². The number of hydrogen-bond acceptors (Lipinski definition) is 3. The third-order valence-electron chi connectivity index (χ3n) is 5.11. The Hall–Kier alpha value is -2.04. The van der Waals surface area contributed by atoms with Gasteiger partial charge >= 0.3 is 11.8 Å². The monoisotopic (exact) mass is 329 g/mol. The summed E-state index contributed by atoms with van der Waals surface area (Å²) in [6, 6.07) is 7.81. The van der Waals surface area contributed by atoms with Gasteiger partial charge in [0, 0.05) is 37.6 Å².